The van der Waals surface area contributed by atoms with E-state index in [1.165, 1.54) is 0 Å². The van der Waals surface area contributed by atoms with Crippen LogP contribution < -0.4 is 9.47 Å². The summed E-state index contributed by atoms with van der Waals surface area (Å²) >= 11 is 0. The highest BCUT2D eigenvalue weighted by Gasteiger charge is 2.12. The fourth-order valence-corrected chi connectivity index (χ4v) is 2.98. The molecule has 0 saturated carbocycles. The molecule has 0 bridgehead atoms. The molecule has 5 nitrogen and oxygen atoms in total. The van der Waals surface area contributed by atoms with Crippen molar-refractivity contribution in [3.05, 3.63) is 29.8 Å². The Kier molecular flexibility index (Phi) is 5.31. The van der Waals surface area contributed by atoms with Gasteiger partial charge in [-0.2, -0.15) is 0 Å². The Morgan fingerprint density at radius 1 is 1.13 bits per heavy atom. The van der Waals surface area contributed by atoms with Gasteiger partial charge in [0.2, 0.25) is 5.88 Å². The first-order valence-corrected chi connectivity index (χ1v) is 8.12. The molecule has 2 heterocycles. The van der Waals surface area contributed by atoms with Gasteiger partial charge in [-0.15, -0.1) is 0 Å². The molecule has 0 aliphatic carbocycles. The van der Waals surface area contributed by atoms with Crippen LogP contribution >= 0.6 is 0 Å². The van der Waals surface area contributed by atoms with E-state index >= 15 is 0 Å². The summed E-state index contributed by atoms with van der Waals surface area (Å²) in [5, 5.41) is 1.09. The van der Waals surface area contributed by atoms with E-state index in [4.69, 9.17) is 14.2 Å². The molecular weight excluding hydrogens is 292 g/mol. The van der Waals surface area contributed by atoms with Crippen LogP contribution in [0.4, 0.5) is 0 Å². The minimum absolute atomic E-state index is 0.727. The molecule has 1 aliphatic heterocycles. The predicted octanol–water partition coefficient (Wildman–Crippen LogP) is 2.52. The fourth-order valence-electron chi connectivity index (χ4n) is 2.98. The number of methoxy groups -OCH3 is 2. The van der Waals surface area contributed by atoms with Crippen LogP contribution in [0.1, 0.15) is 12.0 Å². The first-order chi connectivity index (χ1) is 11.3. The third-order valence-corrected chi connectivity index (χ3v) is 4.28. The number of morpholine rings is 1. The Balaban J connectivity index is 1.72. The number of benzene rings is 1. The Labute approximate surface area is 137 Å². The maximum atomic E-state index is 5.48. The zero-order valence-corrected chi connectivity index (χ0v) is 13.9. The smallest absolute Gasteiger partial charge is 0.216 e. The van der Waals surface area contributed by atoms with Crippen molar-refractivity contribution in [2.24, 2.45) is 0 Å². The fraction of sp³-hybridized carbons (Fsp3) is 0.500. The molecule has 1 fully saturated rings. The molecule has 0 amide bonds. The van der Waals surface area contributed by atoms with Crippen LogP contribution in [0.3, 0.4) is 0 Å². The van der Waals surface area contributed by atoms with Crippen molar-refractivity contribution >= 4 is 10.9 Å². The molecular formula is C18H24N2O3. The van der Waals surface area contributed by atoms with Gasteiger partial charge in [-0.1, -0.05) is 0 Å². The summed E-state index contributed by atoms with van der Waals surface area (Å²) in [6, 6.07) is 8.08. The number of aromatic nitrogens is 1. The highest BCUT2D eigenvalue weighted by Crippen LogP contribution is 2.26. The maximum absolute atomic E-state index is 5.48. The lowest BCUT2D eigenvalue weighted by Gasteiger charge is -2.26. The topological polar surface area (TPSA) is 43.8 Å². The minimum atomic E-state index is 0.727. The van der Waals surface area contributed by atoms with Gasteiger partial charge < -0.3 is 14.2 Å². The van der Waals surface area contributed by atoms with Gasteiger partial charge in [0.05, 0.1) is 33.0 Å². The van der Waals surface area contributed by atoms with Crippen molar-refractivity contribution in [1.82, 2.24) is 9.88 Å². The van der Waals surface area contributed by atoms with Gasteiger partial charge in [-0.05, 0) is 43.7 Å². The van der Waals surface area contributed by atoms with E-state index in [9.17, 15) is 0 Å². The molecule has 1 saturated heterocycles. The summed E-state index contributed by atoms with van der Waals surface area (Å²) in [7, 11) is 3.37. The molecule has 0 N–H and O–H groups in total. The largest absolute Gasteiger partial charge is 0.497 e. The average molecular weight is 316 g/mol. The van der Waals surface area contributed by atoms with Crippen molar-refractivity contribution in [3.8, 4) is 11.6 Å². The standard InChI is InChI=1S/C18H24N2O3/c1-21-16-5-6-17-15(13-16)12-14(18(19-17)22-2)4-3-7-20-8-10-23-11-9-20/h5-6,12-13H,3-4,7-11H2,1-2H3. The third kappa shape index (κ3) is 3.92. The maximum Gasteiger partial charge on any atom is 0.216 e. The van der Waals surface area contributed by atoms with E-state index in [1.807, 2.05) is 18.2 Å². The summed E-state index contributed by atoms with van der Waals surface area (Å²) in [6.07, 6.45) is 2.05. The number of hydrogen-bond donors (Lipinski definition) is 0. The van der Waals surface area contributed by atoms with E-state index in [-0.39, 0.29) is 0 Å². The minimum Gasteiger partial charge on any atom is -0.497 e. The Hall–Kier alpha value is -1.85. The van der Waals surface area contributed by atoms with Crippen LogP contribution in [-0.2, 0) is 11.2 Å². The van der Waals surface area contributed by atoms with Crippen LogP contribution in [0.5, 0.6) is 11.6 Å². The second-order valence-electron chi connectivity index (χ2n) is 5.77. The van der Waals surface area contributed by atoms with E-state index in [0.717, 1.165) is 73.8 Å². The lowest BCUT2D eigenvalue weighted by molar-refractivity contribution is 0.0374. The molecule has 1 aromatic heterocycles. The summed E-state index contributed by atoms with van der Waals surface area (Å²) in [6.45, 7) is 4.85. The highest BCUT2D eigenvalue weighted by atomic mass is 16.5. The Morgan fingerprint density at radius 3 is 2.70 bits per heavy atom. The molecule has 1 aromatic carbocycles. The SMILES string of the molecule is COc1ccc2nc(OC)c(CCCN3CCOCC3)cc2c1. The zero-order chi connectivity index (χ0) is 16.1. The lowest BCUT2D eigenvalue weighted by atomic mass is 10.1. The van der Waals surface area contributed by atoms with E-state index in [0.29, 0.717) is 0 Å². The van der Waals surface area contributed by atoms with Gasteiger partial charge in [0, 0.05) is 24.0 Å². The average Bonchev–Trinajstić information content (AvgIpc) is 2.61. The normalized spacial score (nSPS) is 15.7. The predicted molar refractivity (Wildman–Crippen MR) is 90.4 cm³/mol. The molecule has 23 heavy (non-hydrogen) atoms. The monoisotopic (exact) mass is 316 g/mol. The van der Waals surface area contributed by atoms with E-state index in [2.05, 4.69) is 16.0 Å². The number of rotatable bonds is 6. The third-order valence-electron chi connectivity index (χ3n) is 4.28. The van der Waals surface area contributed by atoms with Crippen molar-refractivity contribution in [2.45, 2.75) is 12.8 Å². The van der Waals surface area contributed by atoms with Crippen LogP contribution in [0.25, 0.3) is 10.9 Å². The number of pyridine rings is 1. The van der Waals surface area contributed by atoms with Crippen molar-refractivity contribution in [2.75, 3.05) is 47.1 Å². The molecule has 0 spiro atoms. The highest BCUT2D eigenvalue weighted by molar-refractivity contribution is 5.81. The van der Waals surface area contributed by atoms with Gasteiger partial charge in [0.15, 0.2) is 0 Å². The quantitative estimate of drug-likeness (QED) is 0.819. The number of fused-ring (bicyclic) bond motifs is 1. The molecule has 1 aliphatic rings. The van der Waals surface area contributed by atoms with Gasteiger partial charge >= 0.3 is 0 Å². The number of aryl methyl sites for hydroxylation is 1. The molecule has 0 radical (unpaired) electrons. The van der Waals surface area contributed by atoms with Gasteiger partial charge in [-0.3, -0.25) is 4.90 Å². The summed E-state index contributed by atoms with van der Waals surface area (Å²) in [5.74, 6) is 1.58. The molecule has 0 unspecified atom stereocenters. The van der Waals surface area contributed by atoms with Gasteiger partial charge in [0.1, 0.15) is 5.75 Å². The Morgan fingerprint density at radius 2 is 1.96 bits per heavy atom. The molecule has 0 atom stereocenters. The van der Waals surface area contributed by atoms with Gasteiger partial charge in [0.25, 0.3) is 0 Å². The van der Waals surface area contributed by atoms with Crippen LogP contribution in [0.15, 0.2) is 24.3 Å². The van der Waals surface area contributed by atoms with E-state index in [1.54, 1.807) is 14.2 Å². The second kappa shape index (κ2) is 7.62. The van der Waals surface area contributed by atoms with E-state index < -0.39 is 0 Å². The summed E-state index contributed by atoms with van der Waals surface area (Å²) in [4.78, 5) is 7.07. The van der Waals surface area contributed by atoms with Crippen molar-refractivity contribution < 1.29 is 14.2 Å². The van der Waals surface area contributed by atoms with Crippen molar-refractivity contribution in [3.63, 3.8) is 0 Å². The summed E-state index contributed by atoms with van der Waals surface area (Å²) in [5.41, 5.74) is 2.08. The molecule has 124 valence electrons. The van der Waals surface area contributed by atoms with Crippen LogP contribution in [0.2, 0.25) is 0 Å². The molecule has 2 aromatic rings. The second-order valence-corrected chi connectivity index (χ2v) is 5.77. The number of hydrogen-bond acceptors (Lipinski definition) is 5. The van der Waals surface area contributed by atoms with Crippen molar-refractivity contribution in [1.29, 1.82) is 0 Å². The van der Waals surface area contributed by atoms with Crippen LogP contribution in [0, 0.1) is 0 Å². The first kappa shape index (κ1) is 16.0. The lowest BCUT2D eigenvalue weighted by Crippen LogP contribution is -2.36. The number of ether oxygens (including phenoxy) is 3. The number of nitrogens with zero attached hydrogens (tertiary/aromatic N) is 2. The molecule has 3 rings (SSSR count). The Bertz CT molecular complexity index is 654. The molecule has 5 heteroatoms. The summed E-state index contributed by atoms with van der Waals surface area (Å²) < 4.78 is 16.2. The zero-order valence-electron chi connectivity index (χ0n) is 13.9. The van der Waals surface area contributed by atoms with Crippen LogP contribution in [-0.4, -0.2) is 57.0 Å². The van der Waals surface area contributed by atoms with Gasteiger partial charge in [-0.25, -0.2) is 4.98 Å². The first-order valence-electron chi connectivity index (χ1n) is 8.12.